The van der Waals surface area contributed by atoms with E-state index in [-0.39, 0.29) is 47.6 Å². The molecule has 2 saturated carbocycles. The summed E-state index contributed by atoms with van der Waals surface area (Å²) in [4.78, 5) is 23.5. The van der Waals surface area contributed by atoms with Crippen LogP contribution in [0.4, 0.5) is 8.78 Å². The van der Waals surface area contributed by atoms with E-state index in [0.29, 0.717) is 77.4 Å². The molecule has 0 bridgehead atoms. The van der Waals surface area contributed by atoms with Gasteiger partial charge in [0.05, 0.1) is 39.7 Å². The molecule has 4 aromatic carbocycles. The molecule has 2 aliphatic rings. The number of rotatable bonds is 12. The highest BCUT2D eigenvalue weighted by Crippen LogP contribution is 2.47. The van der Waals surface area contributed by atoms with Crippen LogP contribution in [-0.2, 0) is 57.4 Å². The second kappa shape index (κ2) is 21.0. The first-order valence-electron chi connectivity index (χ1n) is 21.9. The van der Waals surface area contributed by atoms with Crippen molar-refractivity contribution in [2.75, 3.05) is 0 Å². The number of hydrogen-bond acceptors (Lipinski definition) is 7. The van der Waals surface area contributed by atoms with Gasteiger partial charge in [-0.05, 0) is 111 Å². The summed E-state index contributed by atoms with van der Waals surface area (Å²) >= 11 is 12.2. The van der Waals surface area contributed by atoms with Crippen LogP contribution in [-0.4, -0.2) is 41.3 Å². The Morgan fingerprint density at radius 2 is 1.09 bits per heavy atom. The van der Waals surface area contributed by atoms with Crippen LogP contribution in [0.15, 0.2) is 97.1 Å². The zero-order valence-corrected chi connectivity index (χ0v) is 40.9. The van der Waals surface area contributed by atoms with Gasteiger partial charge in [-0.3, -0.25) is 9.59 Å². The van der Waals surface area contributed by atoms with Crippen molar-refractivity contribution in [3.05, 3.63) is 164 Å². The van der Waals surface area contributed by atoms with E-state index in [9.17, 15) is 28.6 Å². The van der Waals surface area contributed by atoms with Crippen LogP contribution in [0.2, 0.25) is 10.0 Å². The summed E-state index contributed by atoms with van der Waals surface area (Å²) in [6.07, 6.45) is 3.66. The fraction of sp³-hybridized carbons (Fsp3) is 0.385. The van der Waals surface area contributed by atoms with Crippen LogP contribution in [0.1, 0.15) is 126 Å². The first-order chi connectivity index (χ1) is 30.5. The highest BCUT2D eigenvalue weighted by atomic mass is 35.5. The maximum atomic E-state index is 14.4. The Kier molecular flexibility index (Phi) is 16.7. The fourth-order valence-corrected chi connectivity index (χ4v) is 7.67. The predicted molar refractivity (Wildman–Crippen MR) is 260 cm³/mol. The number of carbonyl (C=O) groups excluding carboxylic acids is 2. The number of aromatic nitrogens is 4. The molecule has 2 aliphatic carbocycles. The van der Waals surface area contributed by atoms with Crippen molar-refractivity contribution < 1.29 is 28.6 Å². The molecular formula is C52H60Cl3F2N5O4. The number of Topliss-reactive ketones (excluding diaryl/α,β-unsaturated/α-hetero) is 2. The molecule has 0 aliphatic heterocycles. The minimum atomic E-state index is -1.02. The number of carbonyl (C=O) groups is 2. The van der Waals surface area contributed by atoms with E-state index in [1.807, 2.05) is 64.0 Å². The molecule has 0 saturated heterocycles. The normalized spacial score (nSPS) is 14.5. The molecule has 6 aromatic rings. The second-order valence-corrected chi connectivity index (χ2v) is 20.2. The predicted octanol–water partition coefficient (Wildman–Crippen LogP) is 11.3. The SMILES string of the molecule is CC(=O)Cc1ccc(C2(O)CC2)c(F)c1.CC(C)(C)c1cc(CCC(=O)Cc2ccc(C3(O)CC3)c(F)c2)n(-c2cccc(Cl)c2)n1.CC(C)(C)c1cc(CN)n(-c2cccc(Cl)c2)n1.Cl. The van der Waals surface area contributed by atoms with Gasteiger partial charge in [0.2, 0.25) is 0 Å². The van der Waals surface area contributed by atoms with Gasteiger partial charge in [-0.2, -0.15) is 10.2 Å². The van der Waals surface area contributed by atoms with Gasteiger partial charge in [0.25, 0.3) is 0 Å². The molecule has 2 fully saturated rings. The van der Waals surface area contributed by atoms with E-state index in [1.165, 1.54) is 19.1 Å². The molecule has 9 nitrogen and oxygen atoms in total. The monoisotopic (exact) mass is 961 g/mol. The number of aliphatic hydroxyl groups is 2. The van der Waals surface area contributed by atoms with Gasteiger partial charge in [-0.1, -0.05) is 101 Å². The van der Waals surface area contributed by atoms with E-state index in [1.54, 1.807) is 24.3 Å². The topological polar surface area (TPSA) is 136 Å². The first-order valence-corrected chi connectivity index (χ1v) is 22.7. The molecule has 0 amide bonds. The standard InChI is InChI=1S/C26H28ClFN2O2.C14H18ClN3.C12H13FO2.ClH/c1-25(2,3)24-16-20(30(29-24)19-6-4-5-18(27)15-19)8-9-21(31)13-17-7-10-22(23(28)14-17)26(32)11-12-26;1-14(2,3)13-8-12(9-16)18(17-13)11-6-4-5-10(15)7-11;1-8(14)6-9-2-3-10(11(13)7-9)12(15)4-5-12;/h4-7,10,14-16,32H,8-9,11-13H2,1-3H3;4-8H,9,16H2,1-3H3;2-3,7,15H,4-6H2,1H3;1H. The molecule has 2 heterocycles. The molecule has 0 atom stereocenters. The Morgan fingerprint density at radius 3 is 1.47 bits per heavy atom. The van der Waals surface area contributed by atoms with Gasteiger partial charge in [0, 0.05) is 63.5 Å². The third-order valence-corrected chi connectivity index (χ3v) is 11.9. The maximum absolute atomic E-state index is 14.4. The summed E-state index contributed by atoms with van der Waals surface area (Å²) in [5.41, 5.74) is 11.4. The molecule has 352 valence electrons. The fourth-order valence-electron chi connectivity index (χ4n) is 7.30. The van der Waals surface area contributed by atoms with E-state index < -0.39 is 22.8 Å². The lowest BCUT2D eigenvalue weighted by molar-refractivity contribution is -0.118. The largest absolute Gasteiger partial charge is 0.385 e. The van der Waals surface area contributed by atoms with E-state index in [2.05, 4.69) is 52.7 Å². The Hall–Kier alpha value is -4.75. The lowest BCUT2D eigenvalue weighted by Crippen LogP contribution is -2.12. The van der Waals surface area contributed by atoms with Gasteiger partial charge >= 0.3 is 0 Å². The molecular weight excluding hydrogens is 903 g/mol. The van der Waals surface area contributed by atoms with Crippen LogP contribution in [0.3, 0.4) is 0 Å². The summed E-state index contributed by atoms with van der Waals surface area (Å²) in [5.74, 6) is -0.816. The van der Waals surface area contributed by atoms with Gasteiger partial charge in [-0.25, -0.2) is 18.1 Å². The van der Waals surface area contributed by atoms with E-state index in [4.69, 9.17) is 34.0 Å². The van der Waals surface area contributed by atoms with Crippen molar-refractivity contribution in [3.63, 3.8) is 0 Å². The summed E-state index contributed by atoms with van der Waals surface area (Å²) in [6, 6.07) is 28.5. The molecule has 2 aromatic heterocycles. The Bertz CT molecular complexity index is 2670. The van der Waals surface area contributed by atoms with Gasteiger partial charge < -0.3 is 15.9 Å². The van der Waals surface area contributed by atoms with Crippen LogP contribution in [0.5, 0.6) is 0 Å². The highest BCUT2D eigenvalue weighted by molar-refractivity contribution is 6.31. The average Bonchev–Trinajstić information content (AvgIpc) is 4.02. The summed E-state index contributed by atoms with van der Waals surface area (Å²) in [5, 5.41) is 30.6. The van der Waals surface area contributed by atoms with E-state index >= 15 is 0 Å². The number of nitrogens with two attached hydrogens (primary N) is 1. The van der Waals surface area contributed by atoms with Crippen molar-refractivity contribution in [3.8, 4) is 11.4 Å². The minimum absolute atomic E-state index is 0. The maximum Gasteiger partial charge on any atom is 0.137 e. The minimum Gasteiger partial charge on any atom is -0.385 e. The third kappa shape index (κ3) is 13.5. The number of benzene rings is 4. The van der Waals surface area contributed by atoms with Crippen LogP contribution in [0, 0.1) is 11.6 Å². The smallest absolute Gasteiger partial charge is 0.137 e. The molecule has 14 heteroatoms. The molecule has 0 radical (unpaired) electrons. The average molecular weight is 963 g/mol. The Balaban J connectivity index is 0.000000203. The van der Waals surface area contributed by atoms with Crippen molar-refractivity contribution in [2.24, 2.45) is 5.73 Å². The first kappa shape index (κ1) is 52.2. The quantitative estimate of drug-likeness (QED) is 0.111. The lowest BCUT2D eigenvalue weighted by Gasteiger charge is -2.14. The van der Waals surface area contributed by atoms with Gasteiger partial charge in [-0.15, -0.1) is 12.4 Å². The summed E-state index contributed by atoms with van der Waals surface area (Å²) in [6.45, 7) is 14.6. The number of hydrogen-bond donors (Lipinski definition) is 3. The van der Waals surface area contributed by atoms with Crippen LogP contribution in [0.25, 0.3) is 11.4 Å². The molecule has 8 rings (SSSR count). The third-order valence-electron chi connectivity index (χ3n) is 11.4. The number of halogens is 5. The van der Waals surface area contributed by atoms with E-state index in [0.717, 1.165) is 34.2 Å². The molecule has 0 unspecified atom stereocenters. The Morgan fingerprint density at radius 1 is 0.667 bits per heavy atom. The van der Waals surface area contributed by atoms with Crippen LogP contribution >= 0.6 is 35.6 Å². The van der Waals surface area contributed by atoms with Crippen molar-refractivity contribution in [2.45, 2.75) is 128 Å². The zero-order valence-electron chi connectivity index (χ0n) is 38.6. The number of ketones is 2. The van der Waals surface area contributed by atoms with Crippen molar-refractivity contribution in [1.82, 2.24) is 19.6 Å². The molecule has 4 N–H and O–H groups in total. The zero-order chi connectivity index (χ0) is 47.5. The summed E-state index contributed by atoms with van der Waals surface area (Å²) < 4.78 is 31.7. The molecule has 66 heavy (non-hydrogen) atoms. The Labute approximate surface area is 402 Å². The van der Waals surface area contributed by atoms with Crippen LogP contribution < -0.4 is 5.73 Å². The van der Waals surface area contributed by atoms with Crippen molar-refractivity contribution in [1.29, 1.82) is 0 Å². The van der Waals surface area contributed by atoms with Gasteiger partial charge in [0.15, 0.2) is 0 Å². The molecule has 0 spiro atoms. The lowest BCUT2D eigenvalue weighted by atomic mass is 9.92. The second-order valence-electron chi connectivity index (χ2n) is 19.3. The number of aryl methyl sites for hydroxylation is 1. The highest BCUT2D eigenvalue weighted by Gasteiger charge is 2.44. The van der Waals surface area contributed by atoms with Crippen molar-refractivity contribution >= 4 is 47.2 Å². The summed E-state index contributed by atoms with van der Waals surface area (Å²) in [7, 11) is 0. The van der Waals surface area contributed by atoms with Gasteiger partial charge in [0.1, 0.15) is 23.2 Å². The number of nitrogens with zero attached hydrogens (tertiary/aromatic N) is 4.